The number of carbonyl (C=O) groups is 1. The normalized spacial score (nSPS) is 11.4. The molecule has 0 unspecified atom stereocenters. The molecule has 0 aromatic heterocycles. The largest absolute Gasteiger partial charge is 0.299 e. The summed E-state index contributed by atoms with van der Waals surface area (Å²) in [6.45, 7) is 1.14. The molecule has 0 rings (SSSR count). The average molecular weight is 166 g/mol. The summed E-state index contributed by atoms with van der Waals surface area (Å²) in [6.07, 6.45) is 0. The van der Waals surface area contributed by atoms with Gasteiger partial charge in [0.05, 0.1) is 6.54 Å². The molecule has 0 amide bonds. The third kappa shape index (κ3) is 4.42. The van der Waals surface area contributed by atoms with E-state index in [0.29, 0.717) is 0 Å². The van der Waals surface area contributed by atoms with Crippen molar-refractivity contribution in [3.8, 4) is 0 Å². The van der Waals surface area contributed by atoms with Crippen molar-refractivity contribution in [3.05, 3.63) is 0 Å². The van der Waals surface area contributed by atoms with Gasteiger partial charge >= 0.3 is 0 Å². The molecule has 0 spiro atoms. The van der Waals surface area contributed by atoms with Gasteiger partial charge in [-0.15, -0.1) is 0 Å². The number of Topliss-reactive ketones (excluding diaryl/α,β-unsaturated/α-hetero) is 1. The highest BCUT2D eigenvalue weighted by atomic mass is 32.2. The third-order valence-corrected chi connectivity index (χ3v) is 1.84. The zero-order valence-corrected chi connectivity index (χ0v) is 6.66. The van der Waals surface area contributed by atoms with Crippen molar-refractivity contribution in [1.29, 1.82) is 0 Å². The van der Waals surface area contributed by atoms with Gasteiger partial charge in [-0.05, 0) is 6.92 Å². The lowest BCUT2D eigenvalue weighted by molar-refractivity contribution is -0.115. The fourth-order valence-corrected chi connectivity index (χ4v) is 0.806. The second kappa shape index (κ2) is 3.65. The molecule has 10 heavy (non-hydrogen) atoms. The maximum Gasteiger partial charge on any atom is 0.277 e. The second-order valence-corrected chi connectivity index (χ2v) is 3.43. The maximum absolute atomic E-state index is 10.5. The van der Waals surface area contributed by atoms with E-state index in [1.807, 2.05) is 9.44 Å². The van der Waals surface area contributed by atoms with Crippen LogP contribution in [0.3, 0.4) is 0 Å². The van der Waals surface area contributed by atoms with E-state index in [1.165, 1.54) is 14.0 Å². The van der Waals surface area contributed by atoms with Crippen molar-refractivity contribution in [2.24, 2.45) is 0 Å². The Kier molecular flexibility index (Phi) is 3.48. The summed E-state index contributed by atoms with van der Waals surface area (Å²) in [7, 11) is -2.17. The lowest BCUT2D eigenvalue weighted by Crippen LogP contribution is -2.36. The number of carbonyl (C=O) groups excluding carboxylic acids is 1. The summed E-state index contributed by atoms with van der Waals surface area (Å²) < 4.78 is 25.1. The van der Waals surface area contributed by atoms with Gasteiger partial charge in [-0.25, -0.2) is 4.72 Å². The molecule has 0 atom stereocenters. The van der Waals surface area contributed by atoms with Crippen molar-refractivity contribution >= 4 is 16.0 Å². The van der Waals surface area contributed by atoms with Crippen molar-refractivity contribution in [3.63, 3.8) is 0 Å². The van der Waals surface area contributed by atoms with E-state index in [9.17, 15) is 13.2 Å². The number of hydrogen-bond donors (Lipinski definition) is 2. The molecule has 0 aliphatic carbocycles. The first-order valence-electron chi connectivity index (χ1n) is 2.65. The van der Waals surface area contributed by atoms with E-state index in [-0.39, 0.29) is 12.3 Å². The Morgan fingerprint density at radius 3 is 2.30 bits per heavy atom. The molecule has 0 aromatic carbocycles. The highest BCUT2D eigenvalue weighted by Gasteiger charge is 2.04. The Bertz CT molecular complexity index is 209. The quantitative estimate of drug-likeness (QED) is 0.541. The van der Waals surface area contributed by atoms with Crippen LogP contribution in [-0.2, 0) is 15.0 Å². The van der Waals surface area contributed by atoms with Gasteiger partial charge in [-0.1, -0.05) is 0 Å². The van der Waals surface area contributed by atoms with Gasteiger partial charge in [-0.3, -0.25) is 4.79 Å². The van der Waals surface area contributed by atoms with Crippen LogP contribution in [0.5, 0.6) is 0 Å². The molecule has 0 saturated heterocycles. The van der Waals surface area contributed by atoms with E-state index in [0.717, 1.165) is 0 Å². The van der Waals surface area contributed by atoms with Crippen LogP contribution in [0.25, 0.3) is 0 Å². The number of nitrogens with one attached hydrogen (secondary N) is 2. The summed E-state index contributed by atoms with van der Waals surface area (Å²) in [5.41, 5.74) is 0. The SMILES string of the molecule is CNS(=O)(=O)NCC(C)=O. The Morgan fingerprint density at radius 1 is 1.50 bits per heavy atom. The molecule has 2 N–H and O–H groups in total. The lowest BCUT2D eigenvalue weighted by atomic mass is 10.5. The minimum atomic E-state index is -3.44. The van der Waals surface area contributed by atoms with Crippen LogP contribution in [-0.4, -0.2) is 27.8 Å². The van der Waals surface area contributed by atoms with Crippen LogP contribution in [0, 0.1) is 0 Å². The summed E-state index contributed by atoms with van der Waals surface area (Å²) in [5.74, 6) is -0.223. The zero-order valence-electron chi connectivity index (χ0n) is 5.84. The molecule has 0 aromatic rings. The van der Waals surface area contributed by atoms with Crippen LogP contribution < -0.4 is 9.44 Å². The Hall–Kier alpha value is -0.460. The molecule has 0 aliphatic rings. The van der Waals surface area contributed by atoms with Crippen molar-refractivity contribution < 1.29 is 13.2 Å². The summed E-state index contributed by atoms with van der Waals surface area (Å²) >= 11 is 0. The topological polar surface area (TPSA) is 75.3 Å². The molecule has 60 valence electrons. The monoisotopic (exact) mass is 166 g/mol. The van der Waals surface area contributed by atoms with Crippen LogP contribution in [0.4, 0.5) is 0 Å². The first kappa shape index (κ1) is 9.54. The van der Waals surface area contributed by atoms with Gasteiger partial charge in [0.1, 0.15) is 5.78 Å². The van der Waals surface area contributed by atoms with E-state index in [4.69, 9.17) is 0 Å². The van der Waals surface area contributed by atoms with Gasteiger partial charge in [0.15, 0.2) is 0 Å². The Morgan fingerprint density at radius 2 is 2.00 bits per heavy atom. The molecule has 0 radical (unpaired) electrons. The first-order chi connectivity index (χ1) is 4.48. The minimum Gasteiger partial charge on any atom is -0.299 e. The Labute approximate surface area is 60.0 Å². The third-order valence-electron chi connectivity index (χ3n) is 0.780. The smallest absolute Gasteiger partial charge is 0.277 e. The van der Waals surface area contributed by atoms with Crippen molar-refractivity contribution in [2.75, 3.05) is 13.6 Å². The maximum atomic E-state index is 10.5. The van der Waals surface area contributed by atoms with Crippen molar-refractivity contribution in [2.45, 2.75) is 6.92 Å². The van der Waals surface area contributed by atoms with E-state index in [2.05, 4.69) is 0 Å². The minimum absolute atomic E-state index is 0.164. The Balaban J connectivity index is 3.81. The number of ketones is 1. The molecule has 0 bridgehead atoms. The number of hydrogen-bond acceptors (Lipinski definition) is 3. The van der Waals surface area contributed by atoms with E-state index < -0.39 is 10.2 Å². The van der Waals surface area contributed by atoms with Gasteiger partial charge in [0.25, 0.3) is 10.2 Å². The van der Waals surface area contributed by atoms with Crippen LogP contribution in [0.1, 0.15) is 6.92 Å². The average Bonchev–Trinajstić information content (AvgIpc) is 1.85. The standard InChI is InChI=1S/C4H10N2O3S/c1-4(7)3-6-10(8,9)5-2/h5-6H,3H2,1-2H3. The molecule has 0 heterocycles. The molecular weight excluding hydrogens is 156 g/mol. The predicted octanol–water partition coefficient (Wildman–Crippen LogP) is -1.37. The van der Waals surface area contributed by atoms with Gasteiger partial charge in [0.2, 0.25) is 0 Å². The lowest BCUT2D eigenvalue weighted by Gasteiger charge is -2.00. The van der Waals surface area contributed by atoms with Gasteiger partial charge < -0.3 is 0 Å². The fourth-order valence-electron chi connectivity index (χ4n) is 0.269. The fraction of sp³-hybridized carbons (Fsp3) is 0.750. The summed E-state index contributed by atoms with van der Waals surface area (Å²) in [5, 5.41) is 0. The molecule has 5 nitrogen and oxygen atoms in total. The van der Waals surface area contributed by atoms with Crippen LogP contribution >= 0.6 is 0 Å². The van der Waals surface area contributed by atoms with Crippen molar-refractivity contribution in [1.82, 2.24) is 9.44 Å². The molecular formula is C4H10N2O3S. The molecule has 0 aliphatic heterocycles. The zero-order chi connectivity index (χ0) is 8.20. The molecule has 0 fully saturated rings. The van der Waals surface area contributed by atoms with Gasteiger partial charge in [-0.2, -0.15) is 13.1 Å². The van der Waals surface area contributed by atoms with Crippen LogP contribution in [0.15, 0.2) is 0 Å². The molecule has 0 saturated carbocycles. The highest BCUT2D eigenvalue weighted by molar-refractivity contribution is 7.87. The first-order valence-corrected chi connectivity index (χ1v) is 4.14. The van der Waals surface area contributed by atoms with Gasteiger partial charge in [0, 0.05) is 7.05 Å². The predicted molar refractivity (Wildman–Crippen MR) is 36.7 cm³/mol. The molecule has 6 heteroatoms. The summed E-state index contributed by atoms with van der Waals surface area (Å²) in [6, 6.07) is 0. The second-order valence-electron chi connectivity index (χ2n) is 1.73. The highest BCUT2D eigenvalue weighted by Crippen LogP contribution is 1.72. The number of rotatable bonds is 4. The van der Waals surface area contributed by atoms with Crippen LogP contribution in [0.2, 0.25) is 0 Å². The summed E-state index contributed by atoms with van der Waals surface area (Å²) in [4.78, 5) is 10.3. The van der Waals surface area contributed by atoms with E-state index >= 15 is 0 Å². The van der Waals surface area contributed by atoms with E-state index in [1.54, 1.807) is 0 Å².